The van der Waals surface area contributed by atoms with Crippen molar-refractivity contribution in [3.63, 3.8) is 0 Å². The van der Waals surface area contributed by atoms with Gasteiger partial charge < -0.3 is 15.0 Å². The van der Waals surface area contributed by atoms with E-state index in [1.54, 1.807) is 29.2 Å². The van der Waals surface area contributed by atoms with Crippen molar-refractivity contribution in [3.05, 3.63) is 29.3 Å². The molecule has 0 aliphatic carbocycles. The number of amides is 3. The van der Waals surface area contributed by atoms with Crippen LogP contribution in [0.2, 0.25) is 5.02 Å². The molecule has 11 heteroatoms. The van der Waals surface area contributed by atoms with Gasteiger partial charge in [-0.05, 0) is 24.3 Å². The normalized spacial score (nSPS) is 14.1. The predicted octanol–water partition coefficient (Wildman–Crippen LogP) is 2.79. The maximum Gasteiger partial charge on any atom is 0.325 e. The second kappa shape index (κ2) is 9.17. The maximum absolute atomic E-state index is 12.1. The van der Waals surface area contributed by atoms with Crippen LogP contribution in [0.4, 0.5) is 15.6 Å². The van der Waals surface area contributed by atoms with Crippen LogP contribution in [0.3, 0.4) is 0 Å². The zero-order valence-electron chi connectivity index (χ0n) is 13.6. The number of aromatic nitrogens is 2. The van der Waals surface area contributed by atoms with Gasteiger partial charge in [0.2, 0.25) is 11.0 Å². The van der Waals surface area contributed by atoms with Gasteiger partial charge in [-0.2, -0.15) is 0 Å². The Morgan fingerprint density at radius 1 is 1.19 bits per heavy atom. The van der Waals surface area contributed by atoms with Crippen molar-refractivity contribution < 1.29 is 14.3 Å². The Bertz CT molecular complexity index is 765. The number of morpholine rings is 1. The molecule has 26 heavy (non-hydrogen) atoms. The van der Waals surface area contributed by atoms with E-state index >= 15 is 0 Å². The molecular formula is C15H16ClN5O3S2. The molecule has 2 aromatic rings. The van der Waals surface area contributed by atoms with E-state index in [1.807, 2.05) is 0 Å². The fourth-order valence-corrected chi connectivity index (χ4v) is 3.91. The average molecular weight is 414 g/mol. The van der Waals surface area contributed by atoms with Gasteiger partial charge in [0, 0.05) is 23.8 Å². The quantitative estimate of drug-likeness (QED) is 0.578. The summed E-state index contributed by atoms with van der Waals surface area (Å²) in [5, 5.41) is 14.1. The summed E-state index contributed by atoms with van der Waals surface area (Å²) in [5.74, 6) is 0.328. The van der Waals surface area contributed by atoms with E-state index in [9.17, 15) is 9.59 Å². The molecule has 1 aromatic carbocycles. The zero-order valence-corrected chi connectivity index (χ0v) is 16.0. The van der Waals surface area contributed by atoms with Gasteiger partial charge in [0.15, 0.2) is 4.34 Å². The van der Waals surface area contributed by atoms with Crippen LogP contribution in [0.25, 0.3) is 0 Å². The first-order chi connectivity index (χ1) is 12.6. The highest BCUT2D eigenvalue weighted by Crippen LogP contribution is 2.26. The number of urea groups is 1. The highest BCUT2D eigenvalue weighted by molar-refractivity contribution is 8.01. The summed E-state index contributed by atoms with van der Waals surface area (Å²) in [5.41, 5.74) is 0.613. The smallest absolute Gasteiger partial charge is 0.325 e. The number of rotatable bonds is 5. The minimum atomic E-state index is -0.426. The van der Waals surface area contributed by atoms with Crippen molar-refractivity contribution in [2.75, 3.05) is 42.7 Å². The lowest BCUT2D eigenvalue weighted by Gasteiger charge is -2.26. The number of hydrogen-bond acceptors (Lipinski definition) is 7. The molecule has 8 nitrogen and oxygen atoms in total. The molecule has 3 rings (SSSR count). The molecule has 0 atom stereocenters. The lowest BCUT2D eigenvalue weighted by molar-refractivity contribution is -0.132. The van der Waals surface area contributed by atoms with Crippen molar-refractivity contribution in [3.8, 4) is 0 Å². The summed E-state index contributed by atoms with van der Waals surface area (Å²) in [6.07, 6.45) is 0. The van der Waals surface area contributed by atoms with E-state index < -0.39 is 6.03 Å². The van der Waals surface area contributed by atoms with Crippen LogP contribution >= 0.6 is 34.7 Å². The standard InChI is InChI=1S/C15H16ClN5O3S2/c16-10-1-3-11(4-2-10)17-13(23)18-14-19-20-15(26-14)25-9-12(22)21-5-7-24-8-6-21/h1-4H,5-9H2,(H2,17,18,19,23). The molecule has 2 heterocycles. The van der Waals surface area contributed by atoms with Crippen molar-refractivity contribution in [2.45, 2.75) is 4.34 Å². The van der Waals surface area contributed by atoms with Gasteiger partial charge in [-0.1, -0.05) is 34.7 Å². The van der Waals surface area contributed by atoms with E-state index in [2.05, 4.69) is 20.8 Å². The number of anilines is 2. The highest BCUT2D eigenvalue weighted by atomic mass is 35.5. The minimum Gasteiger partial charge on any atom is -0.378 e. The number of ether oxygens (including phenoxy) is 1. The fourth-order valence-electron chi connectivity index (χ4n) is 2.14. The SMILES string of the molecule is O=C(Nc1ccc(Cl)cc1)Nc1nnc(SCC(=O)N2CCOCC2)s1. The number of hydrogen-bond donors (Lipinski definition) is 2. The van der Waals surface area contributed by atoms with Crippen LogP contribution in [-0.2, 0) is 9.53 Å². The van der Waals surface area contributed by atoms with Gasteiger partial charge in [-0.25, -0.2) is 4.79 Å². The third kappa shape index (κ3) is 5.56. The summed E-state index contributed by atoms with van der Waals surface area (Å²) < 4.78 is 5.85. The maximum atomic E-state index is 12.1. The molecule has 1 aromatic heterocycles. The molecule has 0 unspecified atom stereocenters. The molecule has 0 radical (unpaired) electrons. The van der Waals surface area contributed by atoms with E-state index in [4.69, 9.17) is 16.3 Å². The number of nitrogens with one attached hydrogen (secondary N) is 2. The molecule has 0 spiro atoms. The summed E-state index contributed by atoms with van der Waals surface area (Å²) in [6.45, 7) is 2.39. The molecular weight excluding hydrogens is 398 g/mol. The lowest BCUT2D eigenvalue weighted by atomic mass is 10.3. The monoisotopic (exact) mass is 413 g/mol. The van der Waals surface area contributed by atoms with Gasteiger partial charge in [0.05, 0.1) is 19.0 Å². The summed E-state index contributed by atoms with van der Waals surface area (Å²) >= 11 is 8.32. The van der Waals surface area contributed by atoms with E-state index in [0.717, 1.165) is 0 Å². The number of thioether (sulfide) groups is 1. The molecule has 0 bridgehead atoms. The first-order valence-electron chi connectivity index (χ1n) is 7.75. The van der Waals surface area contributed by atoms with Gasteiger partial charge in [0.1, 0.15) is 0 Å². The Balaban J connectivity index is 1.45. The Labute approximate surface area is 163 Å². The highest BCUT2D eigenvalue weighted by Gasteiger charge is 2.18. The van der Waals surface area contributed by atoms with Crippen LogP contribution in [-0.4, -0.2) is 59.1 Å². The van der Waals surface area contributed by atoms with Crippen molar-refractivity contribution in [2.24, 2.45) is 0 Å². The van der Waals surface area contributed by atoms with Crippen LogP contribution < -0.4 is 10.6 Å². The average Bonchev–Trinajstić information content (AvgIpc) is 3.09. The Morgan fingerprint density at radius 2 is 1.92 bits per heavy atom. The summed E-state index contributed by atoms with van der Waals surface area (Å²) in [4.78, 5) is 25.8. The van der Waals surface area contributed by atoms with Gasteiger partial charge >= 0.3 is 6.03 Å². The Morgan fingerprint density at radius 3 is 2.65 bits per heavy atom. The van der Waals surface area contributed by atoms with Gasteiger partial charge in [-0.3, -0.25) is 10.1 Å². The first-order valence-corrected chi connectivity index (χ1v) is 9.93. The second-order valence-corrected chi connectivity index (χ2v) is 7.88. The Kier molecular flexibility index (Phi) is 6.67. The van der Waals surface area contributed by atoms with Crippen molar-refractivity contribution >= 4 is 57.5 Å². The predicted molar refractivity (Wildman–Crippen MR) is 102 cm³/mol. The second-order valence-electron chi connectivity index (χ2n) is 5.24. The van der Waals surface area contributed by atoms with Crippen LogP contribution in [0.1, 0.15) is 0 Å². The number of nitrogens with zero attached hydrogens (tertiary/aromatic N) is 3. The summed E-state index contributed by atoms with van der Waals surface area (Å²) in [7, 11) is 0. The fraction of sp³-hybridized carbons (Fsp3) is 0.333. The largest absolute Gasteiger partial charge is 0.378 e. The van der Waals surface area contributed by atoms with E-state index in [-0.39, 0.29) is 11.7 Å². The lowest BCUT2D eigenvalue weighted by Crippen LogP contribution is -2.41. The number of carbonyl (C=O) groups is 2. The number of halogens is 1. The molecule has 2 N–H and O–H groups in total. The molecule has 3 amide bonds. The summed E-state index contributed by atoms with van der Waals surface area (Å²) in [6, 6.07) is 6.33. The van der Waals surface area contributed by atoms with Crippen molar-refractivity contribution in [1.82, 2.24) is 15.1 Å². The topological polar surface area (TPSA) is 96.4 Å². The third-order valence-corrected chi connectivity index (χ3v) is 5.62. The van der Waals surface area contributed by atoms with Crippen LogP contribution in [0.15, 0.2) is 28.6 Å². The molecule has 0 saturated carbocycles. The molecule has 1 aliphatic heterocycles. The van der Waals surface area contributed by atoms with E-state index in [0.29, 0.717) is 46.5 Å². The molecule has 1 fully saturated rings. The first kappa shape index (κ1) is 18.9. The van der Waals surface area contributed by atoms with Crippen LogP contribution in [0, 0.1) is 0 Å². The van der Waals surface area contributed by atoms with Crippen LogP contribution in [0.5, 0.6) is 0 Å². The van der Waals surface area contributed by atoms with Crippen molar-refractivity contribution in [1.29, 1.82) is 0 Å². The molecule has 1 aliphatic rings. The molecule has 1 saturated heterocycles. The third-order valence-electron chi connectivity index (χ3n) is 3.41. The van der Waals surface area contributed by atoms with E-state index in [1.165, 1.54) is 23.1 Å². The number of benzene rings is 1. The van der Waals surface area contributed by atoms with Gasteiger partial charge in [0.25, 0.3) is 0 Å². The Hall–Kier alpha value is -1.88. The van der Waals surface area contributed by atoms with Gasteiger partial charge in [-0.15, -0.1) is 10.2 Å². The molecule has 138 valence electrons. The number of carbonyl (C=O) groups excluding carboxylic acids is 2. The minimum absolute atomic E-state index is 0.0449. The zero-order chi connectivity index (χ0) is 18.4.